The average molecular weight is 418 g/mol. The lowest BCUT2D eigenvalue weighted by molar-refractivity contribution is -0.146. The van der Waals surface area contributed by atoms with E-state index in [4.69, 9.17) is 14.2 Å². The third kappa shape index (κ3) is 5.51. The van der Waals surface area contributed by atoms with Gasteiger partial charge in [-0.3, -0.25) is 9.59 Å². The van der Waals surface area contributed by atoms with Crippen molar-refractivity contribution in [1.82, 2.24) is 0 Å². The molecule has 3 rings (SSSR count). The van der Waals surface area contributed by atoms with E-state index in [0.29, 0.717) is 28.2 Å². The Morgan fingerprint density at radius 2 is 1.35 bits per heavy atom. The molecule has 0 saturated carbocycles. The molecule has 0 heterocycles. The molecule has 5 nitrogen and oxygen atoms in total. The Labute approximate surface area is 182 Å². The topological polar surface area (TPSA) is 61.8 Å². The minimum Gasteiger partial charge on any atom is -0.493 e. The van der Waals surface area contributed by atoms with Crippen molar-refractivity contribution in [3.05, 3.63) is 94.5 Å². The number of carbonyl (C=O) groups is 2. The molecule has 0 radical (unpaired) electrons. The van der Waals surface area contributed by atoms with Gasteiger partial charge in [0.2, 0.25) is 5.78 Å². The molecule has 0 spiro atoms. The quantitative estimate of drug-likeness (QED) is 0.379. The van der Waals surface area contributed by atoms with Crippen LogP contribution in [0.15, 0.2) is 66.7 Å². The number of rotatable bonds is 8. The molecule has 0 N–H and O–H groups in total. The van der Waals surface area contributed by atoms with Crippen LogP contribution >= 0.6 is 0 Å². The van der Waals surface area contributed by atoms with Crippen molar-refractivity contribution in [3.8, 4) is 11.5 Å². The number of hydrogen-bond acceptors (Lipinski definition) is 5. The molecule has 0 unspecified atom stereocenters. The highest BCUT2D eigenvalue weighted by atomic mass is 16.5. The molecule has 0 saturated heterocycles. The SMILES string of the molecule is COc1ccc(CC(=O)O[C@H](C(=O)c2ccc(C)cc2)c2ccc(C)cc2)cc1OC. The molecule has 0 amide bonds. The van der Waals surface area contributed by atoms with Crippen LogP contribution in [-0.4, -0.2) is 26.0 Å². The Balaban J connectivity index is 1.84. The van der Waals surface area contributed by atoms with E-state index in [1.165, 1.54) is 7.11 Å². The van der Waals surface area contributed by atoms with Gasteiger partial charge >= 0.3 is 5.97 Å². The van der Waals surface area contributed by atoms with Crippen molar-refractivity contribution in [2.75, 3.05) is 14.2 Å². The highest BCUT2D eigenvalue weighted by molar-refractivity contribution is 6.01. The van der Waals surface area contributed by atoms with Gasteiger partial charge in [0.25, 0.3) is 0 Å². The van der Waals surface area contributed by atoms with Crippen LogP contribution in [-0.2, 0) is 16.0 Å². The zero-order valence-electron chi connectivity index (χ0n) is 18.2. The fraction of sp³-hybridized carbons (Fsp3) is 0.231. The third-order valence-electron chi connectivity index (χ3n) is 5.00. The number of Topliss-reactive ketones (excluding diaryl/α,β-unsaturated/α-hetero) is 1. The van der Waals surface area contributed by atoms with Crippen molar-refractivity contribution >= 4 is 11.8 Å². The van der Waals surface area contributed by atoms with E-state index in [2.05, 4.69) is 0 Å². The van der Waals surface area contributed by atoms with Crippen LogP contribution in [0.5, 0.6) is 11.5 Å². The van der Waals surface area contributed by atoms with Crippen LogP contribution in [0, 0.1) is 13.8 Å². The summed E-state index contributed by atoms with van der Waals surface area (Å²) in [6.45, 7) is 3.92. The lowest BCUT2D eigenvalue weighted by Gasteiger charge is -2.18. The van der Waals surface area contributed by atoms with Crippen LogP contribution in [0.25, 0.3) is 0 Å². The number of ketones is 1. The summed E-state index contributed by atoms with van der Waals surface area (Å²) in [5, 5.41) is 0. The molecule has 3 aromatic carbocycles. The monoisotopic (exact) mass is 418 g/mol. The lowest BCUT2D eigenvalue weighted by atomic mass is 9.98. The van der Waals surface area contributed by atoms with Gasteiger partial charge in [-0.2, -0.15) is 0 Å². The molecule has 0 aromatic heterocycles. The molecule has 5 heteroatoms. The summed E-state index contributed by atoms with van der Waals surface area (Å²) < 4.78 is 16.2. The Morgan fingerprint density at radius 1 is 0.774 bits per heavy atom. The highest BCUT2D eigenvalue weighted by Crippen LogP contribution is 2.29. The van der Waals surface area contributed by atoms with Crippen LogP contribution in [0.1, 0.15) is 38.7 Å². The van der Waals surface area contributed by atoms with E-state index in [1.807, 2.05) is 50.2 Å². The number of ether oxygens (including phenoxy) is 3. The maximum atomic E-state index is 13.2. The highest BCUT2D eigenvalue weighted by Gasteiger charge is 2.26. The minimum absolute atomic E-state index is 0.00386. The van der Waals surface area contributed by atoms with Gasteiger partial charge in [-0.05, 0) is 31.5 Å². The second kappa shape index (κ2) is 9.94. The van der Waals surface area contributed by atoms with Gasteiger partial charge in [0.05, 0.1) is 20.6 Å². The number of aryl methyl sites for hydroxylation is 2. The van der Waals surface area contributed by atoms with Gasteiger partial charge in [-0.15, -0.1) is 0 Å². The van der Waals surface area contributed by atoms with Gasteiger partial charge in [-0.25, -0.2) is 0 Å². The molecule has 0 fully saturated rings. The Hall–Kier alpha value is -3.60. The average Bonchev–Trinajstić information content (AvgIpc) is 2.78. The second-order valence-electron chi connectivity index (χ2n) is 7.38. The normalized spacial score (nSPS) is 11.5. The molecule has 0 aliphatic heterocycles. The van der Waals surface area contributed by atoms with E-state index in [9.17, 15) is 9.59 Å². The van der Waals surface area contributed by atoms with Crippen LogP contribution < -0.4 is 9.47 Å². The second-order valence-corrected chi connectivity index (χ2v) is 7.38. The number of esters is 1. The van der Waals surface area contributed by atoms with E-state index < -0.39 is 12.1 Å². The van der Waals surface area contributed by atoms with E-state index in [1.54, 1.807) is 37.4 Å². The summed E-state index contributed by atoms with van der Waals surface area (Å²) in [5.41, 5.74) is 3.94. The number of methoxy groups -OCH3 is 2. The molecule has 0 aliphatic rings. The number of carbonyl (C=O) groups excluding carboxylic acids is 2. The maximum Gasteiger partial charge on any atom is 0.311 e. The van der Waals surface area contributed by atoms with E-state index in [-0.39, 0.29) is 12.2 Å². The summed E-state index contributed by atoms with van der Waals surface area (Å²) in [6.07, 6.45) is -1.01. The van der Waals surface area contributed by atoms with Crippen molar-refractivity contribution in [2.45, 2.75) is 26.4 Å². The lowest BCUT2D eigenvalue weighted by Crippen LogP contribution is -2.21. The van der Waals surface area contributed by atoms with Gasteiger partial charge in [0.1, 0.15) is 0 Å². The zero-order chi connectivity index (χ0) is 22.4. The summed E-state index contributed by atoms with van der Waals surface area (Å²) in [7, 11) is 3.09. The molecular weight excluding hydrogens is 392 g/mol. The Morgan fingerprint density at radius 3 is 1.94 bits per heavy atom. The van der Waals surface area contributed by atoms with Gasteiger partial charge < -0.3 is 14.2 Å². The smallest absolute Gasteiger partial charge is 0.311 e. The molecular formula is C26H26O5. The Bertz CT molecular complexity index is 1050. The zero-order valence-corrected chi connectivity index (χ0v) is 18.2. The fourth-order valence-corrected chi connectivity index (χ4v) is 3.21. The van der Waals surface area contributed by atoms with Gasteiger partial charge in [0, 0.05) is 11.1 Å². The minimum atomic E-state index is -1.02. The predicted molar refractivity (Wildman–Crippen MR) is 119 cm³/mol. The predicted octanol–water partition coefficient (Wildman–Crippen LogP) is 5.03. The fourth-order valence-electron chi connectivity index (χ4n) is 3.21. The number of benzene rings is 3. The molecule has 0 aliphatic carbocycles. The molecule has 3 aromatic rings. The van der Waals surface area contributed by atoms with Gasteiger partial charge in [-0.1, -0.05) is 65.7 Å². The van der Waals surface area contributed by atoms with Crippen molar-refractivity contribution in [2.24, 2.45) is 0 Å². The van der Waals surface area contributed by atoms with Crippen molar-refractivity contribution in [1.29, 1.82) is 0 Å². The van der Waals surface area contributed by atoms with Gasteiger partial charge in [0.15, 0.2) is 17.6 Å². The summed E-state index contributed by atoms with van der Waals surface area (Å²) in [6, 6.07) is 19.9. The van der Waals surface area contributed by atoms with Crippen molar-refractivity contribution < 1.29 is 23.8 Å². The Kier molecular flexibility index (Phi) is 7.08. The van der Waals surface area contributed by atoms with E-state index >= 15 is 0 Å². The van der Waals surface area contributed by atoms with Crippen LogP contribution in [0.3, 0.4) is 0 Å². The van der Waals surface area contributed by atoms with Crippen molar-refractivity contribution in [3.63, 3.8) is 0 Å². The van der Waals surface area contributed by atoms with E-state index in [0.717, 1.165) is 11.1 Å². The summed E-state index contributed by atoms with van der Waals surface area (Å²) >= 11 is 0. The standard InChI is InChI=1S/C26H26O5/c1-17-5-10-20(11-6-17)25(28)26(21-12-7-18(2)8-13-21)31-24(27)16-19-9-14-22(29-3)23(15-19)30-4/h5-15,26H,16H2,1-4H3/t26-/m0/s1. The first-order chi connectivity index (χ1) is 14.9. The number of hydrogen-bond donors (Lipinski definition) is 0. The molecule has 160 valence electrons. The maximum absolute atomic E-state index is 13.2. The molecule has 0 bridgehead atoms. The van der Waals surface area contributed by atoms with Crippen LogP contribution in [0.2, 0.25) is 0 Å². The first kappa shape index (κ1) is 22.1. The summed E-state index contributed by atoms with van der Waals surface area (Å²) in [5.74, 6) is 0.341. The van der Waals surface area contributed by atoms with Crippen LogP contribution in [0.4, 0.5) is 0 Å². The first-order valence-electron chi connectivity index (χ1n) is 9.99. The molecule has 1 atom stereocenters. The largest absolute Gasteiger partial charge is 0.493 e. The summed E-state index contributed by atoms with van der Waals surface area (Å²) in [4.78, 5) is 26.0. The third-order valence-corrected chi connectivity index (χ3v) is 5.00. The first-order valence-corrected chi connectivity index (χ1v) is 9.99. The molecule has 31 heavy (non-hydrogen) atoms.